The van der Waals surface area contributed by atoms with Crippen LogP contribution < -0.4 is 10.0 Å². The molecule has 2 aromatic rings. The lowest BCUT2D eigenvalue weighted by atomic mass is 10.2. The third kappa shape index (κ3) is 5.50. The average Bonchev–Trinajstić information content (AvgIpc) is 2.65. The van der Waals surface area contributed by atoms with Crippen LogP contribution >= 0.6 is 15.9 Å². The van der Waals surface area contributed by atoms with Gasteiger partial charge in [0.15, 0.2) is 0 Å². The molecule has 0 radical (unpaired) electrons. The van der Waals surface area contributed by atoms with Crippen LogP contribution in [0.4, 0.5) is 5.82 Å². The number of carbonyl (C=O) groups is 1. The molecule has 0 aliphatic carbocycles. The highest BCUT2D eigenvalue weighted by atomic mass is 79.9. The fourth-order valence-corrected chi connectivity index (χ4v) is 4.25. The number of carbonyl (C=O) groups excluding carboxylic acids is 1. The summed E-state index contributed by atoms with van der Waals surface area (Å²) < 4.78 is 32.5. The Bertz CT molecular complexity index is 973. The number of pyridine rings is 1. The monoisotopic (exact) mass is 452 g/mol. The lowest BCUT2D eigenvalue weighted by Gasteiger charge is -2.11. The molecule has 0 amide bonds. The number of nitrogens with zero attached hydrogens (tertiary/aromatic N) is 2. The van der Waals surface area contributed by atoms with Gasteiger partial charge >= 0.3 is 5.97 Å². The normalized spacial score (nSPS) is 10.9. The molecule has 0 unspecified atom stereocenters. The molecule has 0 saturated carbocycles. The van der Waals surface area contributed by atoms with E-state index in [1.54, 1.807) is 19.1 Å². The van der Waals surface area contributed by atoms with Crippen LogP contribution in [0.25, 0.3) is 0 Å². The number of esters is 1. The van der Waals surface area contributed by atoms with E-state index in [9.17, 15) is 13.2 Å². The molecule has 0 spiro atoms. The second-order valence-electron chi connectivity index (χ2n) is 5.20. The van der Waals surface area contributed by atoms with E-state index in [0.29, 0.717) is 11.4 Å². The summed E-state index contributed by atoms with van der Waals surface area (Å²) in [6.45, 7) is 2.24. The van der Waals surface area contributed by atoms with Crippen molar-refractivity contribution in [3.05, 3.63) is 52.1 Å². The Morgan fingerprint density at radius 1 is 1.33 bits per heavy atom. The van der Waals surface area contributed by atoms with Gasteiger partial charge in [0.25, 0.3) is 0 Å². The standard InChI is InChI=1S/C17H17BrN4O4S/c1-2-26-17(23)12-5-6-15(14(18)10-12)27(24,25)22-9-8-21-16-13(11-19)4-3-7-20-16/h3-7,10,22H,2,8-9H2,1H3,(H,20,21). The summed E-state index contributed by atoms with van der Waals surface area (Å²) in [5, 5.41) is 11.9. The van der Waals surface area contributed by atoms with Crippen LogP contribution in [0, 0.1) is 11.3 Å². The smallest absolute Gasteiger partial charge is 0.338 e. The third-order valence-electron chi connectivity index (χ3n) is 3.37. The Morgan fingerprint density at radius 3 is 2.78 bits per heavy atom. The summed E-state index contributed by atoms with van der Waals surface area (Å²) in [4.78, 5) is 15.8. The zero-order valence-electron chi connectivity index (χ0n) is 14.4. The fourth-order valence-electron chi connectivity index (χ4n) is 2.14. The number of benzene rings is 1. The molecule has 0 atom stereocenters. The van der Waals surface area contributed by atoms with Crippen LogP contribution in [0.15, 0.2) is 45.9 Å². The van der Waals surface area contributed by atoms with E-state index in [1.807, 2.05) is 6.07 Å². The van der Waals surface area contributed by atoms with Crippen LogP contribution in [-0.4, -0.2) is 39.1 Å². The summed E-state index contributed by atoms with van der Waals surface area (Å²) in [5.74, 6) is -0.137. The highest BCUT2D eigenvalue weighted by Gasteiger charge is 2.19. The molecule has 0 aliphatic rings. The first-order valence-electron chi connectivity index (χ1n) is 7.94. The van der Waals surface area contributed by atoms with Gasteiger partial charge in [-0.15, -0.1) is 0 Å². The Labute approximate surface area is 165 Å². The maximum atomic E-state index is 12.4. The van der Waals surface area contributed by atoms with Crippen LogP contribution in [0.3, 0.4) is 0 Å². The molecular formula is C17H17BrN4O4S. The molecular weight excluding hydrogens is 436 g/mol. The molecule has 0 fully saturated rings. The lowest BCUT2D eigenvalue weighted by molar-refractivity contribution is 0.0526. The Balaban J connectivity index is 2.00. The number of aromatic nitrogens is 1. The van der Waals surface area contributed by atoms with Crippen LogP contribution in [0.2, 0.25) is 0 Å². The summed E-state index contributed by atoms with van der Waals surface area (Å²) in [5.41, 5.74) is 0.626. The Kier molecular flexibility index (Phi) is 7.29. The van der Waals surface area contributed by atoms with Crippen molar-refractivity contribution in [2.24, 2.45) is 0 Å². The number of ether oxygens (including phenoxy) is 1. The van der Waals surface area contributed by atoms with E-state index in [2.05, 4.69) is 31.0 Å². The first-order chi connectivity index (χ1) is 12.9. The zero-order chi connectivity index (χ0) is 19.9. The highest BCUT2D eigenvalue weighted by Crippen LogP contribution is 2.23. The summed E-state index contributed by atoms with van der Waals surface area (Å²) in [7, 11) is -3.79. The molecule has 2 N–H and O–H groups in total. The molecule has 0 saturated heterocycles. The van der Waals surface area contributed by atoms with E-state index in [0.717, 1.165) is 0 Å². The Morgan fingerprint density at radius 2 is 2.11 bits per heavy atom. The summed E-state index contributed by atoms with van der Waals surface area (Å²) in [6, 6.07) is 9.38. The predicted molar refractivity (Wildman–Crippen MR) is 103 cm³/mol. The van der Waals surface area contributed by atoms with Crippen molar-refractivity contribution in [3.8, 4) is 6.07 Å². The lowest BCUT2D eigenvalue weighted by Crippen LogP contribution is -2.29. The van der Waals surface area contributed by atoms with E-state index < -0.39 is 16.0 Å². The molecule has 27 heavy (non-hydrogen) atoms. The van der Waals surface area contributed by atoms with Crippen LogP contribution in [-0.2, 0) is 14.8 Å². The maximum Gasteiger partial charge on any atom is 0.338 e. The fraction of sp³-hybridized carbons (Fsp3) is 0.235. The minimum absolute atomic E-state index is 0.00565. The molecule has 142 valence electrons. The van der Waals surface area contributed by atoms with Gasteiger partial charge in [-0.3, -0.25) is 0 Å². The maximum absolute atomic E-state index is 12.4. The minimum Gasteiger partial charge on any atom is -0.462 e. The first-order valence-corrected chi connectivity index (χ1v) is 10.2. The van der Waals surface area contributed by atoms with Gasteiger partial charge in [-0.05, 0) is 53.2 Å². The third-order valence-corrected chi connectivity index (χ3v) is 5.81. The largest absolute Gasteiger partial charge is 0.462 e. The van der Waals surface area contributed by atoms with Crippen molar-refractivity contribution in [3.63, 3.8) is 0 Å². The van der Waals surface area contributed by atoms with E-state index in [1.165, 1.54) is 24.4 Å². The summed E-state index contributed by atoms with van der Waals surface area (Å²) >= 11 is 3.18. The number of anilines is 1. The van der Waals surface area contributed by atoms with Crippen molar-refractivity contribution < 1.29 is 17.9 Å². The zero-order valence-corrected chi connectivity index (χ0v) is 16.8. The Hall–Kier alpha value is -2.48. The van der Waals surface area contributed by atoms with Gasteiger partial charge in [0.2, 0.25) is 10.0 Å². The van der Waals surface area contributed by atoms with E-state index in [4.69, 9.17) is 10.00 Å². The molecule has 8 nitrogen and oxygen atoms in total. The second-order valence-corrected chi connectivity index (χ2v) is 7.79. The topological polar surface area (TPSA) is 121 Å². The van der Waals surface area contributed by atoms with Crippen molar-refractivity contribution in [1.29, 1.82) is 5.26 Å². The number of nitrogens with one attached hydrogen (secondary N) is 2. The minimum atomic E-state index is -3.79. The van der Waals surface area contributed by atoms with Crippen LogP contribution in [0.5, 0.6) is 0 Å². The predicted octanol–water partition coefficient (Wildman–Crippen LogP) is 2.28. The van der Waals surface area contributed by atoms with Crippen LogP contribution in [0.1, 0.15) is 22.8 Å². The second kappa shape index (κ2) is 9.45. The van der Waals surface area contributed by atoms with Crippen molar-refractivity contribution in [2.75, 3.05) is 25.0 Å². The average molecular weight is 453 g/mol. The number of sulfonamides is 1. The molecule has 1 aromatic carbocycles. The molecule has 1 aromatic heterocycles. The van der Waals surface area contributed by atoms with Gasteiger partial charge in [-0.1, -0.05) is 0 Å². The number of hydrogen-bond acceptors (Lipinski definition) is 7. The molecule has 1 heterocycles. The van der Waals surface area contributed by atoms with Gasteiger partial charge in [-0.2, -0.15) is 5.26 Å². The molecule has 2 rings (SSSR count). The summed E-state index contributed by atoms with van der Waals surface area (Å²) in [6.07, 6.45) is 1.54. The van der Waals surface area contributed by atoms with Gasteiger partial charge in [0.05, 0.1) is 22.6 Å². The van der Waals surface area contributed by atoms with E-state index >= 15 is 0 Å². The number of nitriles is 1. The number of halogens is 1. The quantitative estimate of drug-likeness (QED) is 0.465. The van der Waals surface area contributed by atoms with Crippen molar-refractivity contribution in [2.45, 2.75) is 11.8 Å². The highest BCUT2D eigenvalue weighted by molar-refractivity contribution is 9.10. The van der Waals surface area contributed by atoms with Gasteiger partial charge in [-0.25, -0.2) is 22.9 Å². The van der Waals surface area contributed by atoms with Crippen molar-refractivity contribution >= 4 is 37.7 Å². The van der Waals surface area contributed by atoms with Crippen molar-refractivity contribution in [1.82, 2.24) is 9.71 Å². The molecule has 0 bridgehead atoms. The van der Waals surface area contributed by atoms with Gasteiger partial charge in [0.1, 0.15) is 11.9 Å². The molecule has 10 heteroatoms. The van der Waals surface area contributed by atoms with E-state index in [-0.39, 0.29) is 34.6 Å². The number of rotatable bonds is 8. The van der Waals surface area contributed by atoms with Gasteiger partial charge in [0, 0.05) is 23.8 Å². The molecule has 0 aliphatic heterocycles. The SMILES string of the molecule is CCOC(=O)c1ccc(S(=O)(=O)NCCNc2ncccc2C#N)c(Br)c1. The number of hydrogen-bond donors (Lipinski definition) is 2. The van der Waals surface area contributed by atoms with Gasteiger partial charge < -0.3 is 10.1 Å². The first kappa shape index (κ1) is 20.8.